The van der Waals surface area contributed by atoms with Crippen molar-refractivity contribution in [2.24, 2.45) is 0 Å². The highest BCUT2D eigenvalue weighted by Crippen LogP contribution is 2.10. The topological polar surface area (TPSA) is 56.3 Å². The first-order chi connectivity index (χ1) is 6.66. The van der Waals surface area contributed by atoms with E-state index in [1.54, 1.807) is 18.3 Å². The van der Waals surface area contributed by atoms with Crippen molar-refractivity contribution in [1.29, 1.82) is 0 Å². The van der Waals surface area contributed by atoms with E-state index in [1.807, 2.05) is 0 Å². The molecule has 0 aliphatic heterocycles. The number of ketones is 1. The number of nitrogens with zero attached hydrogens (tertiary/aromatic N) is 1. The number of ether oxygens (including phenoxy) is 1. The molecular weight excluding hydrogens is 250 g/mol. The Kier molecular flexibility index (Phi) is 3.76. The van der Waals surface area contributed by atoms with E-state index in [-0.39, 0.29) is 5.78 Å². The third kappa shape index (κ3) is 2.38. The van der Waals surface area contributed by atoms with Gasteiger partial charge in [0, 0.05) is 18.0 Å². The number of aromatic nitrogens is 1. The Morgan fingerprint density at radius 3 is 2.79 bits per heavy atom. The molecule has 0 bridgehead atoms. The van der Waals surface area contributed by atoms with Crippen LogP contribution in [-0.2, 0) is 9.53 Å². The highest BCUT2D eigenvalue weighted by Gasteiger charge is 2.25. The van der Waals surface area contributed by atoms with Crippen molar-refractivity contribution >= 4 is 27.7 Å². The van der Waals surface area contributed by atoms with Gasteiger partial charge in [-0.15, -0.1) is 0 Å². The molecule has 4 nitrogen and oxygen atoms in total. The average Bonchev–Trinajstić information content (AvgIpc) is 2.27. The van der Waals surface area contributed by atoms with Crippen molar-refractivity contribution in [3.05, 3.63) is 30.1 Å². The van der Waals surface area contributed by atoms with Gasteiger partial charge in [0.05, 0.1) is 7.11 Å². The molecule has 1 atom stereocenters. The van der Waals surface area contributed by atoms with Crippen LogP contribution in [0.5, 0.6) is 0 Å². The van der Waals surface area contributed by atoms with Crippen molar-refractivity contribution in [2.75, 3.05) is 7.11 Å². The van der Waals surface area contributed by atoms with E-state index in [9.17, 15) is 9.59 Å². The van der Waals surface area contributed by atoms with Gasteiger partial charge in [-0.05, 0) is 12.1 Å². The molecule has 0 fully saturated rings. The summed E-state index contributed by atoms with van der Waals surface area (Å²) in [7, 11) is 1.23. The van der Waals surface area contributed by atoms with E-state index < -0.39 is 10.8 Å². The summed E-state index contributed by atoms with van der Waals surface area (Å²) in [4.78, 5) is 25.4. The van der Waals surface area contributed by atoms with Gasteiger partial charge in [0.15, 0.2) is 10.6 Å². The zero-order valence-corrected chi connectivity index (χ0v) is 9.02. The standard InChI is InChI=1S/C9H8BrNO3/c1-14-9(13)7(10)8(12)6-3-2-4-11-5-6/h2-5,7H,1H3/t7-/m1/s1. The summed E-state index contributed by atoms with van der Waals surface area (Å²) in [5.41, 5.74) is 0.375. The molecule has 1 heterocycles. The molecule has 1 rings (SSSR count). The number of halogens is 1. The van der Waals surface area contributed by atoms with E-state index in [1.165, 1.54) is 13.3 Å². The number of carbonyl (C=O) groups is 2. The smallest absolute Gasteiger partial charge is 0.327 e. The number of Topliss-reactive ketones (excluding diaryl/α,β-unsaturated/α-hetero) is 1. The van der Waals surface area contributed by atoms with E-state index in [0.29, 0.717) is 5.56 Å². The lowest BCUT2D eigenvalue weighted by atomic mass is 10.1. The largest absolute Gasteiger partial charge is 0.468 e. The summed E-state index contributed by atoms with van der Waals surface area (Å²) in [5.74, 6) is -0.969. The molecule has 74 valence electrons. The fourth-order valence-electron chi connectivity index (χ4n) is 0.865. The minimum Gasteiger partial charge on any atom is -0.468 e. The fourth-order valence-corrected chi connectivity index (χ4v) is 1.32. The zero-order valence-electron chi connectivity index (χ0n) is 7.44. The number of rotatable bonds is 3. The van der Waals surface area contributed by atoms with Crippen LogP contribution in [0.3, 0.4) is 0 Å². The molecule has 0 aromatic carbocycles. The van der Waals surface area contributed by atoms with E-state index in [2.05, 4.69) is 25.7 Å². The second-order valence-corrected chi connectivity index (χ2v) is 3.41. The van der Waals surface area contributed by atoms with Crippen molar-refractivity contribution in [3.8, 4) is 0 Å². The monoisotopic (exact) mass is 257 g/mol. The zero-order chi connectivity index (χ0) is 10.6. The number of carbonyl (C=O) groups excluding carboxylic acids is 2. The molecule has 0 saturated carbocycles. The first-order valence-corrected chi connectivity index (χ1v) is 4.74. The number of alkyl halides is 1. The Morgan fingerprint density at radius 2 is 2.29 bits per heavy atom. The molecule has 0 radical (unpaired) electrons. The Morgan fingerprint density at radius 1 is 1.57 bits per heavy atom. The first-order valence-electron chi connectivity index (χ1n) is 3.83. The van der Waals surface area contributed by atoms with E-state index >= 15 is 0 Å². The highest BCUT2D eigenvalue weighted by molar-refractivity contribution is 9.10. The van der Waals surface area contributed by atoms with Crippen LogP contribution in [0.25, 0.3) is 0 Å². The van der Waals surface area contributed by atoms with Gasteiger partial charge in [0.25, 0.3) is 0 Å². The molecule has 0 unspecified atom stereocenters. The highest BCUT2D eigenvalue weighted by atomic mass is 79.9. The molecule has 5 heteroatoms. The van der Waals surface area contributed by atoms with E-state index in [0.717, 1.165) is 0 Å². The van der Waals surface area contributed by atoms with Gasteiger partial charge in [-0.2, -0.15) is 0 Å². The lowest BCUT2D eigenvalue weighted by Gasteiger charge is -2.05. The van der Waals surface area contributed by atoms with Crippen LogP contribution in [0, 0.1) is 0 Å². The molecule has 0 saturated heterocycles. The third-order valence-electron chi connectivity index (χ3n) is 1.58. The molecule has 0 aliphatic rings. The molecule has 1 aromatic heterocycles. The van der Waals surface area contributed by atoms with Gasteiger partial charge in [0.1, 0.15) is 0 Å². The summed E-state index contributed by atoms with van der Waals surface area (Å²) in [6, 6.07) is 3.22. The maximum Gasteiger partial charge on any atom is 0.327 e. The van der Waals surface area contributed by atoms with Crippen molar-refractivity contribution in [2.45, 2.75) is 4.83 Å². The molecule has 0 amide bonds. The van der Waals surface area contributed by atoms with Crippen LogP contribution in [0.15, 0.2) is 24.5 Å². The van der Waals surface area contributed by atoms with Crippen LogP contribution in [0.2, 0.25) is 0 Å². The Hall–Kier alpha value is -1.23. The van der Waals surface area contributed by atoms with Crippen LogP contribution >= 0.6 is 15.9 Å². The quantitative estimate of drug-likeness (QED) is 0.354. The lowest BCUT2D eigenvalue weighted by Crippen LogP contribution is -2.25. The molecule has 0 N–H and O–H groups in total. The average molecular weight is 258 g/mol. The van der Waals surface area contributed by atoms with Crippen LogP contribution in [0.1, 0.15) is 10.4 Å². The van der Waals surface area contributed by atoms with Gasteiger partial charge in [0.2, 0.25) is 0 Å². The van der Waals surface area contributed by atoms with Gasteiger partial charge in [-0.1, -0.05) is 15.9 Å². The Balaban J connectivity index is 2.81. The molecule has 1 aromatic rings. The summed E-state index contributed by atoms with van der Waals surface area (Å²) in [6.07, 6.45) is 2.96. The maximum absolute atomic E-state index is 11.6. The van der Waals surface area contributed by atoms with Gasteiger partial charge >= 0.3 is 5.97 Å². The maximum atomic E-state index is 11.6. The minimum atomic E-state index is -0.961. The Bertz CT molecular complexity index is 339. The van der Waals surface area contributed by atoms with Crippen LogP contribution in [-0.4, -0.2) is 28.7 Å². The number of hydrogen-bond acceptors (Lipinski definition) is 4. The van der Waals surface area contributed by atoms with Crippen molar-refractivity contribution in [3.63, 3.8) is 0 Å². The van der Waals surface area contributed by atoms with Gasteiger partial charge in [-0.3, -0.25) is 14.6 Å². The number of methoxy groups -OCH3 is 1. The summed E-state index contributed by atoms with van der Waals surface area (Å²) in [6.45, 7) is 0. The first kappa shape index (κ1) is 10.8. The lowest BCUT2D eigenvalue weighted by molar-refractivity contribution is -0.138. The number of esters is 1. The number of pyridine rings is 1. The SMILES string of the molecule is COC(=O)[C@H](Br)C(=O)c1cccnc1. The summed E-state index contributed by atoms with van der Waals surface area (Å²) in [5, 5.41) is 0. The Labute approximate surface area is 89.4 Å². The number of hydrogen-bond donors (Lipinski definition) is 0. The fraction of sp³-hybridized carbons (Fsp3) is 0.222. The van der Waals surface area contributed by atoms with Crippen LogP contribution in [0.4, 0.5) is 0 Å². The predicted octanol–water partition coefficient (Wildman–Crippen LogP) is 1.20. The predicted molar refractivity (Wildman–Crippen MR) is 53.3 cm³/mol. The molecule has 0 spiro atoms. The van der Waals surface area contributed by atoms with Crippen molar-refractivity contribution in [1.82, 2.24) is 4.98 Å². The minimum absolute atomic E-state index is 0.357. The second kappa shape index (κ2) is 4.85. The molecule has 0 aliphatic carbocycles. The summed E-state index contributed by atoms with van der Waals surface area (Å²) >= 11 is 2.95. The van der Waals surface area contributed by atoms with Crippen LogP contribution < -0.4 is 0 Å². The van der Waals surface area contributed by atoms with E-state index in [4.69, 9.17) is 0 Å². The van der Waals surface area contributed by atoms with Crippen molar-refractivity contribution < 1.29 is 14.3 Å². The van der Waals surface area contributed by atoms with Gasteiger partial charge in [-0.25, -0.2) is 0 Å². The van der Waals surface area contributed by atoms with Gasteiger partial charge < -0.3 is 4.74 Å². The molecule has 14 heavy (non-hydrogen) atoms. The second-order valence-electron chi connectivity index (χ2n) is 2.49. The third-order valence-corrected chi connectivity index (χ3v) is 2.37. The summed E-state index contributed by atoms with van der Waals surface area (Å²) < 4.78 is 4.43. The molecular formula is C9H8BrNO3. The normalized spacial score (nSPS) is 11.9.